The summed E-state index contributed by atoms with van der Waals surface area (Å²) >= 11 is 0. The van der Waals surface area contributed by atoms with Gasteiger partial charge in [0, 0.05) is 42.9 Å². The predicted octanol–water partition coefficient (Wildman–Crippen LogP) is 2.89. The van der Waals surface area contributed by atoms with E-state index in [0.29, 0.717) is 17.7 Å². The van der Waals surface area contributed by atoms with Crippen molar-refractivity contribution in [3.8, 4) is 17.7 Å². The fourth-order valence-electron chi connectivity index (χ4n) is 3.81. The minimum atomic E-state index is -0.454. The number of rotatable bonds is 5. The van der Waals surface area contributed by atoms with E-state index >= 15 is 0 Å². The molecule has 1 aromatic heterocycles. The van der Waals surface area contributed by atoms with Crippen LogP contribution in [-0.4, -0.2) is 76.8 Å². The van der Waals surface area contributed by atoms with Gasteiger partial charge in [-0.1, -0.05) is 24.8 Å². The van der Waals surface area contributed by atoms with Gasteiger partial charge in [0.05, 0.1) is 19.2 Å². The summed E-state index contributed by atoms with van der Waals surface area (Å²) < 4.78 is 19.7. The van der Waals surface area contributed by atoms with Crippen LogP contribution in [0.15, 0.2) is 36.5 Å². The molecule has 8 nitrogen and oxygen atoms in total. The first kappa shape index (κ1) is 27.0. The Balaban J connectivity index is 1.96. The molecule has 0 saturated carbocycles. The zero-order valence-electron chi connectivity index (χ0n) is 21.3. The van der Waals surface area contributed by atoms with E-state index in [1.54, 1.807) is 42.0 Å². The van der Waals surface area contributed by atoms with Crippen molar-refractivity contribution in [3.63, 3.8) is 0 Å². The number of ether oxygens (including phenoxy) is 1. The van der Waals surface area contributed by atoms with Gasteiger partial charge >= 0.3 is 6.03 Å². The van der Waals surface area contributed by atoms with Crippen molar-refractivity contribution in [2.75, 3.05) is 26.7 Å². The van der Waals surface area contributed by atoms with E-state index < -0.39 is 12.1 Å². The quantitative estimate of drug-likeness (QED) is 0.621. The highest BCUT2D eigenvalue weighted by atomic mass is 19.1. The number of urea groups is 1. The molecule has 0 aliphatic carbocycles. The highest BCUT2D eigenvalue weighted by Crippen LogP contribution is 2.27. The second-order valence-electron chi connectivity index (χ2n) is 9.44. The van der Waals surface area contributed by atoms with E-state index in [1.165, 1.54) is 18.3 Å². The van der Waals surface area contributed by atoms with Crippen LogP contribution in [0.2, 0.25) is 0 Å². The summed E-state index contributed by atoms with van der Waals surface area (Å²) in [7, 11) is 1.69. The molecule has 36 heavy (non-hydrogen) atoms. The molecule has 2 heterocycles. The SMILES string of the molecule is CC(C)NC(=O)N(C)C[C@@H]1Oc2ncc(C#Cc3cccc(F)c3)cc2C(=O)N([C@H](C)CO)C[C@@H]1C. The predicted molar refractivity (Wildman–Crippen MR) is 134 cm³/mol. The Kier molecular flexibility index (Phi) is 8.88. The second-order valence-corrected chi connectivity index (χ2v) is 9.44. The lowest BCUT2D eigenvalue weighted by atomic mass is 10.00. The number of hydrogen-bond acceptors (Lipinski definition) is 5. The van der Waals surface area contributed by atoms with Gasteiger partial charge in [-0.15, -0.1) is 0 Å². The number of pyridine rings is 1. The molecule has 0 fully saturated rings. The average Bonchev–Trinajstić information content (AvgIpc) is 2.84. The standard InChI is InChI=1S/C27H33FN4O4/c1-17(2)30-27(35)31(5)15-24-18(3)14-32(19(4)16-33)26(34)23-12-21(13-29-25(23)36-24)10-9-20-7-6-8-22(28)11-20/h6-8,11-13,17-19,24,33H,14-16H2,1-5H3,(H,30,35)/t18-,19+,24-/m0/s1. The van der Waals surface area contributed by atoms with Gasteiger partial charge in [-0.2, -0.15) is 0 Å². The van der Waals surface area contributed by atoms with Gasteiger partial charge in [0.2, 0.25) is 5.88 Å². The van der Waals surface area contributed by atoms with Crippen molar-refractivity contribution in [3.05, 3.63) is 59.0 Å². The zero-order valence-corrected chi connectivity index (χ0v) is 21.3. The van der Waals surface area contributed by atoms with Gasteiger partial charge < -0.3 is 25.0 Å². The van der Waals surface area contributed by atoms with Gasteiger partial charge in [0.25, 0.3) is 5.91 Å². The van der Waals surface area contributed by atoms with E-state index in [4.69, 9.17) is 4.74 Å². The number of nitrogens with zero attached hydrogens (tertiary/aromatic N) is 3. The summed E-state index contributed by atoms with van der Waals surface area (Å²) in [6, 6.07) is 6.85. The van der Waals surface area contributed by atoms with Gasteiger partial charge in [-0.3, -0.25) is 4.79 Å². The molecule has 1 aliphatic rings. The first-order valence-corrected chi connectivity index (χ1v) is 12.0. The van der Waals surface area contributed by atoms with Crippen molar-refractivity contribution in [1.29, 1.82) is 0 Å². The third kappa shape index (κ3) is 6.73. The number of aliphatic hydroxyl groups is 1. The lowest BCUT2D eigenvalue weighted by molar-refractivity contribution is 0.0351. The summed E-state index contributed by atoms with van der Waals surface area (Å²) in [6.07, 6.45) is 1.04. The van der Waals surface area contributed by atoms with Crippen molar-refractivity contribution in [2.45, 2.75) is 45.9 Å². The van der Waals surface area contributed by atoms with Crippen LogP contribution < -0.4 is 10.1 Å². The first-order chi connectivity index (χ1) is 17.1. The van der Waals surface area contributed by atoms with Crippen LogP contribution in [-0.2, 0) is 0 Å². The second kappa shape index (κ2) is 11.9. The van der Waals surface area contributed by atoms with Crippen LogP contribution in [0, 0.1) is 23.6 Å². The number of carbonyl (C=O) groups is 2. The van der Waals surface area contributed by atoms with Gasteiger partial charge in [-0.05, 0) is 45.0 Å². The average molecular weight is 497 g/mol. The smallest absolute Gasteiger partial charge is 0.317 e. The summed E-state index contributed by atoms with van der Waals surface area (Å²) in [5, 5.41) is 12.7. The third-order valence-corrected chi connectivity index (χ3v) is 5.91. The van der Waals surface area contributed by atoms with Crippen LogP contribution in [0.1, 0.15) is 49.2 Å². The number of aliphatic hydroxyl groups excluding tert-OH is 1. The Bertz CT molecular complexity index is 1160. The van der Waals surface area contributed by atoms with Gasteiger partial charge in [0.15, 0.2) is 0 Å². The Morgan fingerprint density at radius 3 is 2.69 bits per heavy atom. The molecule has 2 N–H and O–H groups in total. The van der Waals surface area contributed by atoms with Crippen LogP contribution in [0.5, 0.6) is 5.88 Å². The zero-order chi connectivity index (χ0) is 26.4. The molecular weight excluding hydrogens is 463 g/mol. The maximum Gasteiger partial charge on any atom is 0.317 e. The van der Waals surface area contributed by atoms with Crippen molar-refractivity contribution in [1.82, 2.24) is 20.1 Å². The minimum absolute atomic E-state index is 0.0107. The fraction of sp³-hybridized carbons (Fsp3) is 0.444. The third-order valence-electron chi connectivity index (χ3n) is 5.91. The number of aromatic nitrogens is 1. The van der Waals surface area contributed by atoms with E-state index in [2.05, 4.69) is 22.1 Å². The molecule has 2 aromatic rings. The topological polar surface area (TPSA) is 95.0 Å². The van der Waals surface area contributed by atoms with Gasteiger partial charge in [-0.25, -0.2) is 14.2 Å². The lowest BCUT2D eigenvalue weighted by Crippen LogP contribution is -2.51. The van der Waals surface area contributed by atoms with Crippen LogP contribution in [0.4, 0.5) is 9.18 Å². The molecule has 0 unspecified atom stereocenters. The molecule has 0 saturated heterocycles. The Hall–Kier alpha value is -3.64. The summed E-state index contributed by atoms with van der Waals surface area (Å²) in [5.41, 5.74) is 1.18. The number of likely N-dealkylation sites (N-methyl/N-ethyl adjacent to an activating group) is 1. The summed E-state index contributed by atoms with van der Waals surface area (Å²) in [6.45, 7) is 7.87. The minimum Gasteiger partial charge on any atom is -0.472 e. The normalized spacial score (nSPS) is 18.2. The molecule has 0 radical (unpaired) electrons. The fourth-order valence-corrected chi connectivity index (χ4v) is 3.81. The number of nitrogens with one attached hydrogen (secondary N) is 1. The van der Waals surface area contributed by atoms with E-state index in [-0.39, 0.29) is 54.3 Å². The summed E-state index contributed by atoms with van der Waals surface area (Å²) in [4.78, 5) is 33.5. The molecule has 3 rings (SSSR count). The van der Waals surface area contributed by atoms with E-state index in [9.17, 15) is 19.1 Å². The molecule has 1 aromatic carbocycles. The van der Waals surface area contributed by atoms with E-state index in [0.717, 1.165) is 0 Å². The molecular formula is C27H33FN4O4. The highest BCUT2D eigenvalue weighted by Gasteiger charge is 2.34. The van der Waals surface area contributed by atoms with Crippen LogP contribution >= 0.6 is 0 Å². The highest BCUT2D eigenvalue weighted by molar-refractivity contribution is 5.97. The Morgan fingerprint density at radius 2 is 2.03 bits per heavy atom. The maximum absolute atomic E-state index is 13.5. The Labute approximate surface area is 211 Å². The molecule has 1 aliphatic heterocycles. The van der Waals surface area contributed by atoms with Crippen LogP contribution in [0.25, 0.3) is 0 Å². The van der Waals surface area contributed by atoms with Crippen molar-refractivity contribution in [2.24, 2.45) is 5.92 Å². The van der Waals surface area contributed by atoms with Crippen molar-refractivity contribution >= 4 is 11.9 Å². The summed E-state index contributed by atoms with van der Waals surface area (Å²) in [5.74, 6) is 5.07. The molecule has 9 heteroatoms. The molecule has 0 spiro atoms. The lowest BCUT2D eigenvalue weighted by Gasteiger charge is -2.37. The number of amides is 3. The number of hydrogen-bond donors (Lipinski definition) is 2. The molecule has 3 atom stereocenters. The molecule has 192 valence electrons. The van der Waals surface area contributed by atoms with Crippen LogP contribution in [0.3, 0.4) is 0 Å². The number of halogens is 1. The Morgan fingerprint density at radius 1 is 1.31 bits per heavy atom. The molecule has 0 bridgehead atoms. The number of carbonyl (C=O) groups excluding carboxylic acids is 2. The van der Waals surface area contributed by atoms with Crippen molar-refractivity contribution < 1.29 is 23.8 Å². The maximum atomic E-state index is 13.5. The largest absolute Gasteiger partial charge is 0.472 e. The monoisotopic (exact) mass is 496 g/mol. The van der Waals surface area contributed by atoms with E-state index in [1.807, 2.05) is 20.8 Å². The number of benzene rings is 1. The van der Waals surface area contributed by atoms with Gasteiger partial charge in [0.1, 0.15) is 17.5 Å². The molecule has 3 amide bonds. The first-order valence-electron chi connectivity index (χ1n) is 12.0. The number of fused-ring (bicyclic) bond motifs is 1.